The maximum absolute atomic E-state index is 5.73. The number of hydrogen-bond donors (Lipinski definition) is 2. The van der Waals surface area contributed by atoms with E-state index >= 15 is 0 Å². The Morgan fingerprint density at radius 1 is 1.35 bits per heavy atom. The molecule has 0 aliphatic heterocycles. The highest BCUT2D eigenvalue weighted by atomic mass is 16.5. The van der Waals surface area contributed by atoms with Gasteiger partial charge in [-0.2, -0.15) is 0 Å². The standard InChI is InChI=1S/C14H24N2O/c1-10(2)13(8-15)16-9-12-5-6-14(17-4)11(3)7-12/h5-7,10,13,16H,8-9,15H2,1-4H3. The molecular formula is C14H24N2O. The van der Waals surface area contributed by atoms with Crippen molar-refractivity contribution in [2.75, 3.05) is 13.7 Å². The summed E-state index contributed by atoms with van der Waals surface area (Å²) in [5.41, 5.74) is 8.16. The third kappa shape index (κ3) is 4.02. The highest BCUT2D eigenvalue weighted by Crippen LogP contribution is 2.18. The van der Waals surface area contributed by atoms with Gasteiger partial charge in [-0.15, -0.1) is 0 Å². The largest absolute Gasteiger partial charge is 0.496 e. The number of methoxy groups -OCH3 is 1. The monoisotopic (exact) mass is 236 g/mol. The first kappa shape index (κ1) is 14.0. The van der Waals surface area contributed by atoms with Crippen molar-refractivity contribution in [2.24, 2.45) is 11.7 Å². The van der Waals surface area contributed by atoms with Crippen LogP contribution in [0.1, 0.15) is 25.0 Å². The summed E-state index contributed by atoms with van der Waals surface area (Å²) in [7, 11) is 1.70. The van der Waals surface area contributed by atoms with E-state index in [0.717, 1.165) is 12.3 Å². The Labute approximate surface area is 104 Å². The molecule has 1 aromatic carbocycles. The van der Waals surface area contributed by atoms with Crippen molar-refractivity contribution in [3.8, 4) is 5.75 Å². The fourth-order valence-electron chi connectivity index (χ4n) is 1.89. The smallest absolute Gasteiger partial charge is 0.121 e. The van der Waals surface area contributed by atoms with E-state index in [1.165, 1.54) is 11.1 Å². The number of rotatable bonds is 6. The van der Waals surface area contributed by atoms with E-state index in [-0.39, 0.29) is 0 Å². The van der Waals surface area contributed by atoms with Gasteiger partial charge < -0.3 is 15.8 Å². The lowest BCUT2D eigenvalue weighted by atomic mass is 10.0. The molecule has 1 atom stereocenters. The van der Waals surface area contributed by atoms with E-state index in [4.69, 9.17) is 10.5 Å². The van der Waals surface area contributed by atoms with Gasteiger partial charge in [0.25, 0.3) is 0 Å². The summed E-state index contributed by atoms with van der Waals surface area (Å²) in [5.74, 6) is 1.49. The van der Waals surface area contributed by atoms with Gasteiger partial charge in [-0.05, 0) is 30.0 Å². The Kier molecular flexibility index (Phi) is 5.45. The SMILES string of the molecule is COc1ccc(CNC(CN)C(C)C)cc1C. The second-order valence-electron chi connectivity index (χ2n) is 4.77. The molecule has 0 saturated heterocycles. The first-order valence-corrected chi connectivity index (χ1v) is 6.15. The maximum atomic E-state index is 5.73. The van der Waals surface area contributed by atoms with Gasteiger partial charge in [-0.1, -0.05) is 26.0 Å². The van der Waals surface area contributed by atoms with Crippen molar-refractivity contribution < 1.29 is 4.74 Å². The van der Waals surface area contributed by atoms with Crippen molar-refractivity contribution in [2.45, 2.75) is 33.4 Å². The minimum absolute atomic E-state index is 0.373. The quantitative estimate of drug-likeness (QED) is 0.795. The van der Waals surface area contributed by atoms with Gasteiger partial charge in [0.05, 0.1) is 7.11 Å². The van der Waals surface area contributed by atoms with Gasteiger partial charge in [-0.25, -0.2) is 0 Å². The van der Waals surface area contributed by atoms with Gasteiger partial charge in [0.2, 0.25) is 0 Å². The third-order valence-electron chi connectivity index (χ3n) is 3.09. The average Bonchev–Trinajstić information content (AvgIpc) is 2.29. The number of nitrogens with one attached hydrogen (secondary N) is 1. The molecule has 1 unspecified atom stereocenters. The van der Waals surface area contributed by atoms with Crippen LogP contribution in [0.3, 0.4) is 0 Å². The molecule has 17 heavy (non-hydrogen) atoms. The van der Waals surface area contributed by atoms with Gasteiger partial charge in [-0.3, -0.25) is 0 Å². The molecule has 0 heterocycles. The number of nitrogens with two attached hydrogens (primary N) is 1. The average molecular weight is 236 g/mol. The first-order valence-electron chi connectivity index (χ1n) is 6.15. The fourth-order valence-corrected chi connectivity index (χ4v) is 1.89. The Morgan fingerprint density at radius 2 is 2.06 bits per heavy atom. The van der Waals surface area contributed by atoms with E-state index in [0.29, 0.717) is 18.5 Å². The second kappa shape index (κ2) is 6.62. The summed E-state index contributed by atoms with van der Waals surface area (Å²) in [5, 5.41) is 3.48. The van der Waals surface area contributed by atoms with E-state index in [1.54, 1.807) is 7.11 Å². The lowest BCUT2D eigenvalue weighted by molar-refractivity contribution is 0.403. The molecule has 96 valence electrons. The zero-order chi connectivity index (χ0) is 12.8. The lowest BCUT2D eigenvalue weighted by Crippen LogP contribution is -2.39. The highest BCUT2D eigenvalue weighted by molar-refractivity contribution is 5.36. The minimum Gasteiger partial charge on any atom is -0.496 e. The molecule has 0 saturated carbocycles. The second-order valence-corrected chi connectivity index (χ2v) is 4.77. The van der Waals surface area contributed by atoms with Crippen LogP contribution < -0.4 is 15.8 Å². The van der Waals surface area contributed by atoms with Gasteiger partial charge in [0, 0.05) is 19.1 Å². The zero-order valence-electron chi connectivity index (χ0n) is 11.3. The van der Waals surface area contributed by atoms with Crippen molar-refractivity contribution in [1.82, 2.24) is 5.32 Å². The van der Waals surface area contributed by atoms with Crippen LogP contribution >= 0.6 is 0 Å². The fraction of sp³-hybridized carbons (Fsp3) is 0.571. The van der Waals surface area contributed by atoms with Crippen molar-refractivity contribution in [3.05, 3.63) is 29.3 Å². The molecule has 0 spiro atoms. The Bertz CT molecular complexity index is 350. The summed E-state index contributed by atoms with van der Waals surface area (Å²) < 4.78 is 5.24. The van der Waals surface area contributed by atoms with Crippen LogP contribution in [0.5, 0.6) is 5.75 Å². The van der Waals surface area contributed by atoms with Crippen LogP contribution in [0, 0.1) is 12.8 Å². The predicted molar refractivity (Wildman–Crippen MR) is 72.3 cm³/mol. The molecule has 3 N–H and O–H groups in total. The molecule has 0 aliphatic carbocycles. The van der Waals surface area contributed by atoms with Crippen LogP contribution in [0.25, 0.3) is 0 Å². The molecule has 1 aromatic rings. The Balaban J connectivity index is 2.60. The summed E-state index contributed by atoms with van der Waals surface area (Å²) >= 11 is 0. The zero-order valence-corrected chi connectivity index (χ0v) is 11.3. The van der Waals surface area contributed by atoms with Crippen molar-refractivity contribution >= 4 is 0 Å². The number of hydrogen-bond acceptors (Lipinski definition) is 3. The van der Waals surface area contributed by atoms with E-state index in [9.17, 15) is 0 Å². The van der Waals surface area contributed by atoms with Crippen LogP contribution in [0.15, 0.2) is 18.2 Å². The van der Waals surface area contributed by atoms with Crippen LogP contribution in [0.4, 0.5) is 0 Å². The van der Waals surface area contributed by atoms with E-state index in [1.807, 2.05) is 6.07 Å². The molecule has 0 aromatic heterocycles. The molecule has 0 fully saturated rings. The maximum Gasteiger partial charge on any atom is 0.121 e. The minimum atomic E-state index is 0.373. The highest BCUT2D eigenvalue weighted by Gasteiger charge is 2.10. The number of benzene rings is 1. The van der Waals surface area contributed by atoms with Crippen molar-refractivity contribution in [3.63, 3.8) is 0 Å². The van der Waals surface area contributed by atoms with Gasteiger partial charge in [0.1, 0.15) is 5.75 Å². The predicted octanol–water partition coefficient (Wildman–Crippen LogP) is 2.08. The summed E-state index contributed by atoms with van der Waals surface area (Å²) in [6.45, 7) is 7.95. The Morgan fingerprint density at radius 3 is 2.53 bits per heavy atom. The number of aryl methyl sites for hydroxylation is 1. The summed E-state index contributed by atoms with van der Waals surface area (Å²) in [4.78, 5) is 0. The van der Waals surface area contributed by atoms with Crippen LogP contribution in [-0.4, -0.2) is 19.7 Å². The third-order valence-corrected chi connectivity index (χ3v) is 3.09. The summed E-state index contributed by atoms with van der Waals surface area (Å²) in [6.07, 6.45) is 0. The molecule has 3 nitrogen and oxygen atoms in total. The lowest BCUT2D eigenvalue weighted by Gasteiger charge is -2.20. The number of ether oxygens (including phenoxy) is 1. The van der Waals surface area contributed by atoms with Crippen LogP contribution in [-0.2, 0) is 6.54 Å². The molecular weight excluding hydrogens is 212 g/mol. The summed E-state index contributed by atoms with van der Waals surface area (Å²) in [6, 6.07) is 6.63. The van der Waals surface area contributed by atoms with E-state index < -0.39 is 0 Å². The molecule has 0 aliphatic rings. The van der Waals surface area contributed by atoms with Gasteiger partial charge >= 0.3 is 0 Å². The topological polar surface area (TPSA) is 47.3 Å². The molecule has 0 bridgehead atoms. The molecule has 1 rings (SSSR count). The molecule has 3 heteroatoms. The molecule has 0 amide bonds. The van der Waals surface area contributed by atoms with Crippen molar-refractivity contribution in [1.29, 1.82) is 0 Å². The normalized spacial score (nSPS) is 12.8. The van der Waals surface area contributed by atoms with Crippen LogP contribution in [0.2, 0.25) is 0 Å². The molecule has 0 radical (unpaired) electrons. The van der Waals surface area contributed by atoms with Gasteiger partial charge in [0.15, 0.2) is 0 Å². The van der Waals surface area contributed by atoms with E-state index in [2.05, 4.69) is 38.2 Å². The Hall–Kier alpha value is -1.06. The first-order chi connectivity index (χ1) is 8.08.